The van der Waals surface area contributed by atoms with Gasteiger partial charge in [0.05, 0.1) is 22.9 Å². The zero-order valence-corrected chi connectivity index (χ0v) is 14.0. The third-order valence-electron chi connectivity index (χ3n) is 4.46. The largest absolute Gasteiger partial charge is 0.370 e. The molecule has 1 saturated carbocycles. The van der Waals surface area contributed by atoms with Crippen LogP contribution in [0.3, 0.4) is 0 Å². The minimum absolute atomic E-state index is 0.106. The normalized spacial score (nSPS) is 13.8. The monoisotopic (exact) mass is 335 g/mol. The van der Waals surface area contributed by atoms with E-state index in [-0.39, 0.29) is 5.91 Å². The molecule has 2 heterocycles. The first-order valence-electron chi connectivity index (χ1n) is 8.67. The zero-order chi connectivity index (χ0) is 17.1. The number of benzene rings is 1. The smallest absolute Gasteiger partial charge is 0.252 e. The summed E-state index contributed by atoms with van der Waals surface area (Å²) in [7, 11) is 0. The number of aromatic nitrogens is 3. The van der Waals surface area contributed by atoms with E-state index in [1.165, 1.54) is 12.8 Å². The van der Waals surface area contributed by atoms with Crippen LogP contribution in [0.15, 0.2) is 48.9 Å². The van der Waals surface area contributed by atoms with Crippen LogP contribution in [0, 0.1) is 5.92 Å². The molecule has 0 radical (unpaired) electrons. The first kappa shape index (κ1) is 15.6. The molecule has 1 aromatic carbocycles. The van der Waals surface area contributed by atoms with Gasteiger partial charge in [0.25, 0.3) is 5.91 Å². The molecule has 1 amide bonds. The van der Waals surface area contributed by atoms with Crippen LogP contribution in [0.4, 0.5) is 5.82 Å². The number of nitrogens with one attached hydrogen (secondary N) is 2. The van der Waals surface area contributed by atoms with Gasteiger partial charge in [0.1, 0.15) is 5.82 Å². The van der Waals surface area contributed by atoms with E-state index in [0.29, 0.717) is 18.7 Å². The van der Waals surface area contributed by atoms with Crippen molar-refractivity contribution in [1.82, 2.24) is 19.9 Å². The van der Waals surface area contributed by atoms with Crippen LogP contribution in [0.25, 0.3) is 11.0 Å². The molecule has 1 aliphatic rings. The van der Waals surface area contributed by atoms with E-state index >= 15 is 0 Å². The fraction of sp³-hybridized carbons (Fsp3) is 0.316. The molecule has 0 saturated heterocycles. The number of carbonyl (C=O) groups excluding carboxylic acids is 1. The molecule has 0 aliphatic heterocycles. The van der Waals surface area contributed by atoms with Gasteiger partial charge in [0, 0.05) is 25.8 Å². The van der Waals surface area contributed by atoms with Crippen molar-refractivity contribution < 1.29 is 4.79 Å². The predicted molar refractivity (Wildman–Crippen MR) is 97.5 cm³/mol. The molecule has 0 atom stereocenters. The molecule has 0 spiro atoms. The van der Waals surface area contributed by atoms with Gasteiger partial charge in [-0.3, -0.25) is 4.79 Å². The fourth-order valence-corrected chi connectivity index (χ4v) is 2.78. The SMILES string of the molecule is O=C(NCCn1cnc2ccccc21)c1ccc(NCC2CC2)nc1. The van der Waals surface area contributed by atoms with Crippen LogP contribution in [-0.4, -0.2) is 33.5 Å². The van der Waals surface area contributed by atoms with Crippen LogP contribution in [-0.2, 0) is 6.54 Å². The molecule has 1 fully saturated rings. The minimum atomic E-state index is -0.106. The third kappa shape index (κ3) is 3.79. The Morgan fingerprint density at radius 3 is 2.84 bits per heavy atom. The number of hydrogen-bond donors (Lipinski definition) is 2. The van der Waals surface area contributed by atoms with Crippen molar-refractivity contribution in [2.45, 2.75) is 19.4 Å². The Labute approximate surface area is 146 Å². The number of fused-ring (bicyclic) bond motifs is 1. The molecule has 2 N–H and O–H groups in total. The van der Waals surface area contributed by atoms with E-state index in [4.69, 9.17) is 0 Å². The van der Waals surface area contributed by atoms with Crippen LogP contribution in [0.1, 0.15) is 23.2 Å². The number of imidazole rings is 1. The summed E-state index contributed by atoms with van der Waals surface area (Å²) in [6, 6.07) is 11.6. The van der Waals surface area contributed by atoms with Crippen molar-refractivity contribution in [3.05, 3.63) is 54.5 Å². The van der Waals surface area contributed by atoms with Gasteiger partial charge in [-0.1, -0.05) is 12.1 Å². The van der Waals surface area contributed by atoms with Gasteiger partial charge >= 0.3 is 0 Å². The predicted octanol–water partition coefficient (Wildman–Crippen LogP) is 2.68. The second-order valence-corrected chi connectivity index (χ2v) is 6.44. The number of hydrogen-bond acceptors (Lipinski definition) is 4. The van der Waals surface area contributed by atoms with Crippen molar-refractivity contribution in [1.29, 1.82) is 0 Å². The van der Waals surface area contributed by atoms with Gasteiger partial charge < -0.3 is 15.2 Å². The van der Waals surface area contributed by atoms with Gasteiger partial charge in [0.2, 0.25) is 0 Å². The Hall–Kier alpha value is -2.89. The maximum absolute atomic E-state index is 12.2. The molecule has 128 valence electrons. The Morgan fingerprint density at radius 2 is 2.04 bits per heavy atom. The number of anilines is 1. The van der Waals surface area contributed by atoms with Gasteiger partial charge in [-0.05, 0) is 43.0 Å². The van der Waals surface area contributed by atoms with Crippen LogP contribution in [0.5, 0.6) is 0 Å². The molecular formula is C19H21N5O. The fourth-order valence-electron chi connectivity index (χ4n) is 2.78. The van der Waals surface area contributed by atoms with Crippen LogP contribution in [0.2, 0.25) is 0 Å². The molecular weight excluding hydrogens is 314 g/mol. The Bertz CT molecular complexity index is 867. The molecule has 3 aromatic rings. The summed E-state index contributed by atoms with van der Waals surface area (Å²) in [4.78, 5) is 20.9. The molecule has 25 heavy (non-hydrogen) atoms. The summed E-state index contributed by atoms with van der Waals surface area (Å²) in [5, 5.41) is 6.23. The van der Waals surface area contributed by atoms with Gasteiger partial charge in [-0.15, -0.1) is 0 Å². The Kier molecular flexibility index (Phi) is 4.33. The van der Waals surface area contributed by atoms with E-state index in [2.05, 4.69) is 20.6 Å². The second-order valence-electron chi connectivity index (χ2n) is 6.44. The number of amides is 1. The lowest BCUT2D eigenvalue weighted by Crippen LogP contribution is -2.27. The summed E-state index contributed by atoms with van der Waals surface area (Å²) >= 11 is 0. The number of rotatable bonds is 7. The number of para-hydroxylation sites is 2. The number of pyridine rings is 1. The summed E-state index contributed by atoms with van der Waals surface area (Å²) in [5.74, 6) is 1.52. The van der Waals surface area contributed by atoms with Gasteiger partial charge in [-0.25, -0.2) is 9.97 Å². The molecule has 6 nitrogen and oxygen atoms in total. The van der Waals surface area contributed by atoms with E-state index in [9.17, 15) is 4.79 Å². The lowest BCUT2D eigenvalue weighted by atomic mass is 10.2. The zero-order valence-electron chi connectivity index (χ0n) is 14.0. The summed E-state index contributed by atoms with van der Waals surface area (Å²) in [6.45, 7) is 2.19. The highest BCUT2D eigenvalue weighted by molar-refractivity contribution is 5.94. The van der Waals surface area contributed by atoms with E-state index in [1.807, 2.05) is 41.0 Å². The average molecular weight is 335 g/mol. The van der Waals surface area contributed by atoms with Crippen molar-refractivity contribution >= 4 is 22.8 Å². The van der Waals surface area contributed by atoms with Crippen molar-refractivity contribution in [2.75, 3.05) is 18.4 Å². The van der Waals surface area contributed by atoms with Crippen LogP contribution >= 0.6 is 0 Å². The third-order valence-corrected chi connectivity index (χ3v) is 4.46. The number of carbonyl (C=O) groups is 1. The first-order valence-corrected chi connectivity index (χ1v) is 8.67. The van der Waals surface area contributed by atoms with Gasteiger partial charge in [-0.2, -0.15) is 0 Å². The van der Waals surface area contributed by atoms with Crippen molar-refractivity contribution in [3.8, 4) is 0 Å². The first-order chi connectivity index (χ1) is 12.3. The van der Waals surface area contributed by atoms with E-state index < -0.39 is 0 Å². The molecule has 4 rings (SSSR count). The molecule has 6 heteroatoms. The van der Waals surface area contributed by atoms with E-state index in [1.54, 1.807) is 12.5 Å². The Balaban J connectivity index is 1.29. The summed E-state index contributed by atoms with van der Waals surface area (Å²) in [5.41, 5.74) is 2.62. The maximum atomic E-state index is 12.2. The highest BCUT2D eigenvalue weighted by Gasteiger charge is 2.20. The van der Waals surface area contributed by atoms with E-state index in [0.717, 1.165) is 29.3 Å². The molecule has 0 unspecified atom stereocenters. The summed E-state index contributed by atoms with van der Waals surface area (Å²) < 4.78 is 2.04. The van der Waals surface area contributed by atoms with Crippen molar-refractivity contribution in [2.24, 2.45) is 5.92 Å². The molecule has 0 bridgehead atoms. The average Bonchev–Trinajstić information content (AvgIpc) is 3.40. The second kappa shape index (κ2) is 6.93. The van der Waals surface area contributed by atoms with Crippen LogP contribution < -0.4 is 10.6 Å². The van der Waals surface area contributed by atoms with Gasteiger partial charge in [0.15, 0.2) is 0 Å². The lowest BCUT2D eigenvalue weighted by molar-refractivity contribution is 0.0952. The highest BCUT2D eigenvalue weighted by atomic mass is 16.1. The Morgan fingerprint density at radius 1 is 1.16 bits per heavy atom. The highest BCUT2D eigenvalue weighted by Crippen LogP contribution is 2.28. The molecule has 2 aromatic heterocycles. The standard InChI is InChI=1S/C19H21N5O/c25-19(15-7-8-18(22-12-15)21-11-14-5-6-14)20-9-10-24-13-23-16-3-1-2-4-17(16)24/h1-4,7-8,12-14H,5-6,9-11H2,(H,20,25)(H,21,22). The maximum Gasteiger partial charge on any atom is 0.252 e. The number of nitrogens with zero attached hydrogens (tertiary/aromatic N) is 3. The van der Waals surface area contributed by atoms with Crippen molar-refractivity contribution in [3.63, 3.8) is 0 Å². The quantitative estimate of drug-likeness (QED) is 0.696. The lowest BCUT2D eigenvalue weighted by Gasteiger charge is -2.08. The topological polar surface area (TPSA) is 71.8 Å². The molecule has 1 aliphatic carbocycles. The minimum Gasteiger partial charge on any atom is -0.370 e. The summed E-state index contributed by atoms with van der Waals surface area (Å²) in [6.07, 6.45) is 6.04.